The van der Waals surface area contributed by atoms with Gasteiger partial charge in [-0.1, -0.05) is 82.7 Å². The Morgan fingerprint density at radius 2 is 1.90 bits per heavy atom. The summed E-state index contributed by atoms with van der Waals surface area (Å²) < 4.78 is 0. The summed E-state index contributed by atoms with van der Waals surface area (Å²) in [5.74, 6) is 0.948. The normalized spacial score (nSPS) is 23.9. The summed E-state index contributed by atoms with van der Waals surface area (Å²) in [5.41, 5.74) is 1.48. The van der Waals surface area contributed by atoms with Crippen LogP contribution in [0.4, 0.5) is 0 Å². The second-order valence-electron chi connectivity index (χ2n) is 6.76. The Hall–Kier alpha value is -0.820. The molecule has 1 saturated carbocycles. The third kappa shape index (κ3) is 5.47. The van der Waals surface area contributed by atoms with Gasteiger partial charge in [-0.3, -0.25) is 0 Å². The number of rotatable bonds is 8. The van der Waals surface area contributed by atoms with Crippen LogP contribution in [0.25, 0.3) is 0 Å². The van der Waals surface area contributed by atoms with Crippen molar-refractivity contribution in [1.82, 2.24) is 5.32 Å². The van der Waals surface area contributed by atoms with Crippen LogP contribution in [0.15, 0.2) is 30.3 Å². The molecule has 21 heavy (non-hydrogen) atoms. The molecule has 1 aromatic carbocycles. The first-order valence-electron chi connectivity index (χ1n) is 9.14. The lowest BCUT2D eigenvalue weighted by atomic mass is 9.83. The van der Waals surface area contributed by atoms with E-state index in [1.807, 2.05) is 0 Å². The van der Waals surface area contributed by atoms with E-state index in [9.17, 15) is 0 Å². The van der Waals surface area contributed by atoms with Crippen LogP contribution >= 0.6 is 0 Å². The number of hydrogen-bond acceptors (Lipinski definition) is 1. The van der Waals surface area contributed by atoms with E-state index in [0.29, 0.717) is 6.04 Å². The van der Waals surface area contributed by atoms with Crippen molar-refractivity contribution in [3.63, 3.8) is 0 Å². The molecule has 3 unspecified atom stereocenters. The summed E-state index contributed by atoms with van der Waals surface area (Å²) in [6.45, 7) is 4.64. The zero-order chi connectivity index (χ0) is 14.9. The van der Waals surface area contributed by atoms with Crippen molar-refractivity contribution in [2.24, 2.45) is 5.92 Å². The maximum Gasteiger partial charge on any atom is 0.0322 e. The summed E-state index contributed by atoms with van der Waals surface area (Å²) in [7, 11) is 0. The molecule has 118 valence electrons. The Morgan fingerprint density at radius 3 is 2.62 bits per heavy atom. The Kier molecular flexibility index (Phi) is 7.29. The van der Waals surface area contributed by atoms with Crippen molar-refractivity contribution in [2.75, 3.05) is 0 Å². The first-order chi connectivity index (χ1) is 10.3. The quantitative estimate of drug-likeness (QED) is 0.590. The summed E-state index contributed by atoms with van der Waals surface area (Å²) in [6.07, 6.45) is 12.2. The first-order valence-corrected chi connectivity index (χ1v) is 9.14. The third-order valence-corrected chi connectivity index (χ3v) is 5.10. The van der Waals surface area contributed by atoms with Crippen molar-refractivity contribution < 1.29 is 0 Å². The second kappa shape index (κ2) is 9.25. The van der Waals surface area contributed by atoms with E-state index in [2.05, 4.69) is 49.5 Å². The van der Waals surface area contributed by atoms with Crippen LogP contribution in [0.2, 0.25) is 0 Å². The van der Waals surface area contributed by atoms with E-state index in [-0.39, 0.29) is 0 Å². The van der Waals surface area contributed by atoms with Gasteiger partial charge < -0.3 is 5.32 Å². The predicted octanol–water partition coefficient (Wildman–Crippen LogP) is 5.87. The van der Waals surface area contributed by atoms with Gasteiger partial charge >= 0.3 is 0 Å². The van der Waals surface area contributed by atoms with E-state index in [0.717, 1.165) is 12.0 Å². The molecule has 0 spiro atoms. The zero-order valence-electron chi connectivity index (χ0n) is 14.0. The molecule has 1 aromatic rings. The average Bonchev–Trinajstić information content (AvgIpc) is 2.55. The van der Waals surface area contributed by atoms with Crippen molar-refractivity contribution in [3.05, 3.63) is 35.9 Å². The summed E-state index contributed by atoms with van der Waals surface area (Å²) in [6, 6.07) is 12.4. The van der Waals surface area contributed by atoms with E-state index >= 15 is 0 Å². The fraction of sp³-hybridized carbons (Fsp3) is 0.700. The van der Waals surface area contributed by atoms with Gasteiger partial charge in [-0.25, -0.2) is 0 Å². The minimum Gasteiger partial charge on any atom is -0.307 e. The number of benzene rings is 1. The van der Waals surface area contributed by atoms with Gasteiger partial charge in [-0.2, -0.15) is 0 Å². The molecular formula is C20H33N. The third-order valence-electron chi connectivity index (χ3n) is 5.10. The van der Waals surface area contributed by atoms with Crippen LogP contribution in [0.1, 0.15) is 83.2 Å². The smallest absolute Gasteiger partial charge is 0.0322 e. The monoisotopic (exact) mass is 287 g/mol. The van der Waals surface area contributed by atoms with E-state index in [4.69, 9.17) is 0 Å². The van der Waals surface area contributed by atoms with Crippen molar-refractivity contribution in [3.8, 4) is 0 Å². The molecule has 0 radical (unpaired) electrons. The first kappa shape index (κ1) is 16.5. The van der Waals surface area contributed by atoms with E-state index in [1.165, 1.54) is 63.4 Å². The molecule has 1 nitrogen and oxygen atoms in total. The molecule has 0 saturated heterocycles. The fourth-order valence-corrected chi connectivity index (χ4v) is 3.73. The van der Waals surface area contributed by atoms with Gasteiger partial charge in [0.2, 0.25) is 0 Å². The van der Waals surface area contributed by atoms with Crippen LogP contribution in [0.3, 0.4) is 0 Å². The van der Waals surface area contributed by atoms with Gasteiger partial charge in [0.15, 0.2) is 0 Å². The predicted molar refractivity (Wildman–Crippen MR) is 92.5 cm³/mol. The minimum absolute atomic E-state index is 0.554. The van der Waals surface area contributed by atoms with Crippen molar-refractivity contribution >= 4 is 0 Å². The molecule has 1 fully saturated rings. The largest absolute Gasteiger partial charge is 0.307 e. The van der Waals surface area contributed by atoms with Gasteiger partial charge in [0.05, 0.1) is 0 Å². The zero-order valence-corrected chi connectivity index (χ0v) is 14.0. The van der Waals surface area contributed by atoms with Crippen LogP contribution in [-0.4, -0.2) is 6.04 Å². The average molecular weight is 287 g/mol. The Morgan fingerprint density at radius 1 is 1.10 bits per heavy atom. The van der Waals surface area contributed by atoms with Crippen LogP contribution in [-0.2, 0) is 0 Å². The Labute approximate surface area is 131 Å². The highest BCUT2D eigenvalue weighted by atomic mass is 15.0. The lowest BCUT2D eigenvalue weighted by molar-refractivity contribution is 0.257. The molecule has 1 aliphatic rings. The highest BCUT2D eigenvalue weighted by Gasteiger charge is 2.23. The molecular weight excluding hydrogens is 254 g/mol. The molecule has 1 aliphatic carbocycles. The molecule has 0 amide bonds. The molecule has 1 heteroatoms. The van der Waals surface area contributed by atoms with Crippen molar-refractivity contribution in [1.29, 1.82) is 0 Å². The molecule has 0 aliphatic heterocycles. The molecule has 0 heterocycles. The lowest BCUT2D eigenvalue weighted by Crippen LogP contribution is -2.36. The number of hydrogen-bond donors (Lipinski definition) is 1. The number of unbranched alkanes of at least 4 members (excludes halogenated alkanes) is 2. The highest BCUT2D eigenvalue weighted by Crippen LogP contribution is 2.29. The van der Waals surface area contributed by atoms with Crippen LogP contribution < -0.4 is 5.32 Å². The molecule has 1 N–H and O–H groups in total. The minimum atomic E-state index is 0.554. The van der Waals surface area contributed by atoms with Gasteiger partial charge in [0, 0.05) is 12.1 Å². The molecule has 0 aromatic heterocycles. The van der Waals surface area contributed by atoms with Gasteiger partial charge in [-0.05, 0) is 30.7 Å². The molecule has 2 rings (SSSR count). The van der Waals surface area contributed by atoms with E-state index < -0.39 is 0 Å². The Balaban J connectivity index is 1.94. The lowest BCUT2D eigenvalue weighted by Gasteiger charge is -2.33. The molecule has 3 atom stereocenters. The fourth-order valence-electron chi connectivity index (χ4n) is 3.73. The van der Waals surface area contributed by atoms with Crippen LogP contribution in [0, 0.1) is 5.92 Å². The summed E-state index contributed by atoms with van der Waals surface area (Å²) in [5, 5.41) is 4.00. The Bertz CT molecular complexity index is 373. The number of nitrogens with one attached hydrogen (secondary N) is 1. The maximum absolute atomic E-state index is 4.00. The van der Waals surface area contributed by atoms with Gasteiger partial charge in [-0.15, -0.1) is 0 Å². The highest BCUT2D eigenvalue weighted by molar-refractivity contribution is 5.19. The topological polar surface area (TPSA) is 12.0 Å². The van der Waals surface area contributed by atoms with Gasteiger partial charge in [0.1, 0.15) is 0 Å². The molecule has 0 bridgehead atoms. The van der Waals surface area contributed by atoms with Crippen molar-refractivity contribution in [2.45, 2.75) is 83.7 Å². The summed E-state index contributed by atoms with van der Waals surface area (Å²) >= 11 is 0. The SMILES string of the molecule is CCCCCC(NC1CCCC(CC)C1)c1ccccc1. The standard InChI is InChI=1S/C20H33N/c1-3-5-7-15-20(18-12-8-6-9-13-18)21-19-14-10-11-17(4-2)16-19/h6,8-9,12-13,17,19-21H,3-5,7,10-11,14-16H2,1-2H3. The van der Waals surface area contributed by atoms with E-state index in [1.54, 1.807) is 0 Å². The second-order valence-corrected chi connectivity index (χ2v) is 6.76. The maximum atomic E-state index is 4.00. The van der Waals surface area contributed by atoms with Gasteiger partial charge in [0.25, 0.3) is 0 Å². The summed E-state index contributed by atoms with van der Waals surface area (Å²) in [4.78, 5) is 0. The van der Waals surface area contributed by atoms with Crippen LogP contribution in [0.5, 0.6) is 0 Å².